The van der Waals surface area contributed by atoms with E-state index in [0.717, 1.165) is 53.7 Å². The molecule has 3 nitrogen and oxygen atoms in total. The summed E-state index contributed by atoms with van der Waals surface area (Å²) in [6.45, 7) is 5.93. The lowest BCUT2D eigenvalue weighted by atomic mass is 9.93. The van der Waals surface area contributed by atoms with Crippen LogP contribution in [0.15, 0.2) is 48.6 Å². The lowest BCUT2D eigenvalue weighted by Gasteiger charge is -2.29. The second-order valence-electron chi connectivity index (χ2n) is 6.25. The average molecular weight is 310 g/mol. The summed E-state index contributed by atoms with van der Waals surface area (Å²) in [6.07, 6.45) is 3.32. The molecule has 0 unspecified atom stereocenters. The fraction of sp³-hybridized carbons (Fsp3) is 0.300. The maximum absolute atomic E-state index is 10.2. The van der Waals surface area contributed by atoms with E-state index in [1.807, 2.05) is 25.1 Å². The molecule has 0 bridgehead atoms. The molecule has 2 N–H and O–H groups in total. The van der Waals surface area contributed by atoms with E-state index >= 15 is 0 Å². The Morgan fingerprint density at radius 3 is 2.61 bits per heavy atom. The van der Waals surface area contributed by atoms with Gasteiger partial charge in [-0.2, -0.15) is 0 Å². The zero-order valence-corrected chi connectivity index (χ0v) is 13.4. The number of allylic oxidation sites excluding steroid dienone is 1. The van der Waals surface area contributed by atoms with Gasteiger partial charge in [0.15, 0.2) is 0 Å². The first kappa shape index (κ1) is 15.5. The van der Waals surface area contributed by atoms with Crippen molar-refractivity contribution in [2.24, 2.45) is 0 Å². The van der Waals surface area contributed by atoms with E-state index in [2.05, 4.69) is 6.58 Å². The standard InChI is InChI=1S/C20H22O3/c1-13(2)3-10-17-18(22)11-6-15-7-12-19(23-20(15)17)14-4-8-16(21)9-5-14/h4-6,8-9,11,19,21-22H,1,3,7,10,12H2,2H3/t19-/m0/s1. The molecule has 0 saturated carbocycles. The number of phenols is 2. The van der Waals surface area contributed by atoms with Gasteiger partial charge < -0.3 is 14.9 Å². The topological polar surface area (TPSA) is 49.7 Å². The van der Waals surface area contributed by atoms with Gasteiger partial charge >= 0.3 is 0 Å². The van der Waals surface area contributed by atoms with Crippen molar-refractivity contribution in [1.29, 1.82) is 0 Å². The van der Waals surface area contributed by atoms with E-state index in [0.29, 0.717) is 0 Å². The molecule has 0 radical (unpaired) electrons. The molecule has 0 fully saturated rings. The SMILES string of the molecule is C=C(C)CCc1c(O)ccc2c1O[C@H](c1ccc(O)cc1)CC2. The van der Waals surface area contributed by atoms with Gasteiger partial charge in [-0.25, -0.2) is 0 Å². The summed E-state index contributed by atoms with van der Waals surface area (Å²) in [5.74, 6) is 1.36. The number of rotatable bonds is 4. The molecule has 0 aromatic heterocycles. The summed E-state index contributed by atoms with van der Waals surface area (Å²) < 4.78 is 6.23. The Hall–Kier alpha value is -2.42. The second-order valence-corrected chi connectivity index (χ2v) is 6.25. The highest BCUT2D eigenvalue weighted by Gasteiger charge is 2.25. The van der Waals surface area contributed by atoms with E-state index in [-0.39, 0.29) is 17.6 Å². The van der Waals surface area contributed by atoms with Crippen molar-refractivity contribution in [3.63, 3.8) is 0 Å². The number of phenolic OH excluding ortho intramolecular Hbond substituents is 2. The van der Waals surface area contributed by atoms with Gasteiger partial charge in [-0.05, 0) is 61.9 Å². The molecule has 1 aliphatic heterocycles. The fourth-order valence-corrected chi connectivity index (χ4v) is 3.00. The van der Waals surface area contributed by atoms with Gasteiger partial charge in [0.25, 0.3) is 0 Å². The van der Waals surface area contributed by atoms with Gasteiger partial charge in [-0.1, -0.05) is 23.8 Å². The predicted molar refractivity (Wildman–Crippen MR) is 91.0 cm³/mol. The van der Waals surface area contributed by atoms with Crippen molar-refractivity contribution < 1.29 is 14.9 Å². The minimum atomic E-state index is -0.0477. The van der Waals surface area contributed by atoms with Crippen molar-refractivity contribution >= 4 is 0 Å². The summed E-state index contributed by atoms with van der Waals surface area (Å²) in [4.78, 5) is 0. The molecule has 1 heterocycles. The molecule has 3 heteroatoms. The molecule has 23 heavy (non-hydrogen) atoms. The van der Waals surface area contributed by atoms with Gasteiger partial charge in [0.1, 0.15) is 23.4 Å². The van der Waals surface area contributed by atoms with Crippen LogP contribution < -0.4 is 4.74 Å². The number of fused-ring (bicyclic) bond motifs is 1. The number of hydrogen-bond donors (Lipinski definition) is 2. The first-order valence-electron chi connectivity index (χ1n) is 7.98. The van der Waals surface area contributed by atoms with Gasteiger partial charge in [0.2, 0.25) is 0 Å². The number of aryl methyl sites for hydroxylation is 1. The van der Waals surface area contributed by atoms with Crippen LogP contribution in [0.25, 0.3) is 0 Å². The van der Waals surface area contributed by atoms with Crippen LogP contribution in [0.2, 0.25) is 0 Å². The lowest BCUT2D eigenvalue weighted by molar-refractivity contribution is 0.173. The van der Waals surface area contributed by atoms with Crippen LogP contribution >= 0.6 is 0 Å². The zero-order valence-electron chi connectivity index (χ0n) is 13.4. The van der Waals surface area contributed by atoms with Gasteiger partial charge in [-0.3, -0.25) is 0 Å². The largest absolute Gasteiger partial charge is 0.508 e. The molecule has 0 amide bonds. The molecule has 0 spiro atoms. The first-order chi connectivity index (χ1) is 11.0. The third-order valence-corrected chi connectivity index (χ3v) is 4.32. The highest BCUT2D eigenvalue weighted by molar-refractivity contribution is 5.51. The normalized spacial score (nSPS) is 16.5. The summed E-state index contributed by atoms with van der Waals surface area (Å²) in [7, 11) is 0. The van der Waals surface area contributed by atoms with Crippen LogP contribution in [0.4, 0.5) is 0 Å². The van der Waals surface area contributed by atoms with Gasteiger partial charge in [0, 0.05) is 5.56 Å². The third-order valence-electron chi connectivity index (χ3n) is 4.32. The monoisotopic (exact) mass is 310 g/mol. The third kappa shape index (κ3) is 3.34. The van der Waals surface area contributed by atoms with E-state index < -0.39 is 0 Å². The molecule has 0 saturated heterocycles. The summed E-state index contributed by atoms with van der Waals surface area (Å²) in [5, 5.41) is 19.7. The Kier molecular flexibility index (Phi) is 4.28. The van der Waals surface area contributed by atoms with Gasteiger partial charge in [0.05, 0.1) is 0 Å². The predicted octanol–water partition coefficient (Wildman–Crippen LogP) is 4.67. The van der Waals surface area contributed by atoms with Crippen LogP contribution in [-0.2, 0) is 12.8 Å². The van der Waals surface area contributed by atoms with Crippen molar-refractivity contribution in [3.8, 4) is 17.2 Å². The van der Waals surface area contributed by atoms with Crippen LogP contribution in [0.5, 0.6) is 17.2 Å². The fourth-order valence-electron chi connectivity index (χ4n) is 3.00. The van der Waals surface area contributed by atoms with E-state index in [9.17, 15) is 10.2 Å². The minimum absolute atomic E-state index is 0.0477. The molecule has 120 valence electrons. The number of hydrogen-bond acceptors (Lipinski definition) is 3. The molecule has 0 aliphatic carbocycles. The average Bonchev–Trinajstić information content (AvgIpc) is 2.54. The highest BCUT2D eigenvalue weighted by atomic mass is 16.5. The van der Waals surface area contributed by atoms with Crippen LogP contribution in [0.3, 0.4) is 0 Å². The first-order valence-corrected chi connectivity index (χ1v) is 7.98. The maximum Gasteiger partial charge on any atom is 0.130 e. The Morgan fingerprint density at radius 2 is 1.91 bits per heavy atom. The van der Waals surface area contributed by atoms with E-state index in [1.165, 1.54) is 0 Å². The summed E-state index contributed by atoms with van der Waals surface area (Å²) in [6, 6.07) is 10.8. The van der Waals surface area contributed by atoms with Crippen LogP contribution in [0, 0.1) is 0 Å². The molecule has 2 aromatic carbocycles. The Labute approximate surface area is 136 Å². The zero-order chi connectivity index (χ0) is 16.4. The summed E-state index contributed by atoms with van der Waals surface area (Å²) in [5.41, 5.74) is 4.15. The van der Waals surface area contributed by atoms with Gasteiger partial charge in [-0.15, -0.1) is 6.58 Å². The van der Waals surface area contributed by atoms with Crippen molar-refractivity contribution in [2.45, 2.75) is 38.7 Å². The molecule has 3 rings (SSSR count). The smallest absolute Gasteiger partial charge is 0.130 e. The molecule has 1 atom stereocenters. The Morgan fingerprint density at radius 1 is 1.17 bits per heavy atom. The second kappa shape index (κ2) is 6.37. The number of benzene rings is 2. The van der Waals surface area contributed by atoms with Crippen molar-refractivity contribution in [3.05, 3.63) is 65.2 Å². The molecular weight excluding hydrogens is 288 g/mol. The number of ether oxygens (including phenoxy) is 1. The van der Waals surface area contributed by atoms with Crippen molar-refractivity contribution in [1.82, 2.24) is 0 Å². The highest BCUT2D eigenvalue weighted by Crippen LogP contribution is 2.41. The minimum Gasteiger partial charge on any atom is -0.508 e. The Balaban J connectivity index is 1.90. The molecule has 2 aromatic rings. The summed E-state index contributed by atoms with van der Waals surface area (Å²) >= 11 is 0. The Bertz CT molecular complexity index is 716. The van der Waals surface area contributed by atoms with Crippen LogP contribution in [0.1, 0.15) is 42.6 Å². The van der Waals surface area contributed by atoms with E-state index in [1.54, 1.807) is 18.2 Å². The van der Waals surface area contributed by atoms with Crippen molar-refractivity contribution in [2.75, 3.05) is 0 Å². The molecule has 1 aliphatic rings. The number of aromatic hydroxyl groups is 2. The quantitative estimate of drug-likeness (QED) is 0.807. The lowest BCUT2D eigenvalue weighted by Crippen LogP contribution is -2.16. The van der Waals surface area contributed by atoms with E-state index in [4.69, 9.17) is 4.74 Å². The molecular formula is C20H22O3. The van der Waals surface area contributed by atoms with Crippen LogP contribution in [-0.4, -0.2) is 10.2 Å². The maximum atomic E-state index is 10.2.